The number of nitrogens with one attached hydrogen (secondary N) is 3. The van der Waals surface area contributed by atoms with Crippen molar-refractivity contribution in [1.29, 1.82) is 5.41 Å². The molecule has 0 saturated heterocycles. The average Bonchev–Trinajstić information content (AvgIpc) is 2.99. The quantitative estimate of drug-likeness (QED) is 0.659. The summed E-state index contributed by atoms with van der Waals surface area (Å²) in [6, 6.07) is 4.84. The van der Waals surface area contributed by atoms with E-state index in [0.717, 1.165) is 34.5 Å². The Morgan fingerprint density at radius 2 is 2.17 bits per heavy atom. The highest BCUT2D eigenvalue weighted by Gasteiger charge is 2.16. The first kappa shape index (κ1) is 17.9. The summed E-state index contributed by atoms with van der Waals surface area (Å²) in [5.41, 5.74) is 5.13. The molecule has 0 saturated carbocycles. The summed E-state index contributed by atoms with van der Waals surface area (Å²) in [7, 11) is 0. The molecule has 2 aromatic rings. The molecule has 5 heteroatoms. The maximum Gasteiger partial charge on any atom is 0.123 e. The van der Waals surface area contributed by atoms with E-state index in [1.165, 1.54) is 6.07 Å². The second kappa shape index (κ2) is 7.90. The molecule has 0 aliphatic carbocycles. The summed E-state index contributed by atoms with van der Waals surface area (Å²) >= 11 is 0. The normalized spacial score (nSPS) is 11.8. The fraction of sp³-hybridized carbons (Fsp3) is 0.368. The fourth-order valence-corrected chi connectivity index (χ4v) is 2.63. The molecule has 1 aromatic carbocycles. The van der Waals surface area contributed by atoms with Crippen molar-refractivity contribution in [3.63, 3.8) is 0 Å². The molecule has 4 nitrogen and oxygen atoms in total. The second-order valence-electron chi connectivity index (χ2n) is 6.17. The Labute approximate surface area is 142 Å². The zero-order chi connectivity index (χ0) is 17.7. The van der Waals surface area contributed by atoms with Crippen LogP contribution in [0.1, 0.15) is 44.7 Å². The zero-order valence-electron chi connectivity index (χ0n) is 14.7. The van der Waals surface area contributed by atoms with Gasteiger partial charge in [0.05, 0.1) is 5.69 Å². The number of rotatable bonds is 7. The van der Waals surface area contributed by atoms with Crippen molar-refractivity contribution in [3.8, 4) is 11.3 Å². The number of nitrogens with zero attached hydrogens (tertiary/aromatic N) is 1. The molecule has 1 aromatic heterocycles. The largest absolute Gasteiger partial charge is 0.391 e. The van der Waals surface area contributed by atoms with Crippen molar-refractivity contribution in [2.75, 3.05) is 6.54 Å². The molecule has 128 valence electrons. The first-order valence-corrected chi connectivity index (χ1v) is 8.24. The number of H-pyrrole nitrogens is 1. The number of aromatic nitrogens is 2. The zero-order valence-corrected chi connectivity index (χ0v) is 14.7. The van der Waals surface area contributed by atoms with Gasteiger partial charge < -0.3 is 10.7 Å². The Bertz CT molecular complexity index is 744. The van der Waals surface area contributed by atoms with Crippen LogP contribution < -0.4 is 5.32 Å². The Kier molecular flexibility index (Phi) is 5.90. The summed E-state index contributed by atoms with van der Waals surface area (Å²) < 4.78 is 13.6. The Morgan fingerprint density at radius 1 is 1.42 bits per heavy atom. The van der Waals surface area contributed by atoms with Gasteiger partial charge in [-0.3, -0.25) is 5.10 Å². The minimum Gasteiger partial charge on any atom is -0.391 e. The molecule has 0 radical (unpaired) electrons. The van der Waals surface area contributed by atoms with E-state index < -0.39 is 0 Å². The highest BCUT2D eigenvalue weighted by molar-refractivity contribution is 5.96. The predicted octanol–water partition coefficient (Wildman–Crippen LogP) is 4.41. The number of allylic oxidation sites excluding steroid dienone is 1. The van der Waals surface area contributed by atoms with E-state index in [4.69, 9.17) is 5.41 Å². The van der Waals surface area contributed by atoms with Crippen LogP contribution in [0.5, 0.6) is 0 Å². The molecule has 3 N–H and O–H groups in total. The highest BCUT2D eigenvalue weighted by atomic mass is 19.1. The lowest BCUT2D eigenvalue weighted by molar-refractivity contribution is 0.623. The lowest BCUT2D eigenvalue weighted by atomic mass is 9.92. The Morgan fingerprint density at radius 3 is 2.79 bits per heavy atom. The van der Waals surface area contributed by atoms with Crippen LogP contribution in [0, 0.1) is 11.2 Å². The molecule has 2 rings (SSSR count). The maximum absolute atomic E-state index is 13.6. The maximum atomic E-state index is 13.6. The average molecular weight is 328 g/mol. The van der Waals surface area contributed by atoms with Gasteiger partial charge in [-0.1, -0.05) is 13.8 Å². The van der Waals surface area contributed by atoms with Crippen molar-refractivity contribution in [1.82, 2.24) is 15.5 Å². The SMILES string of the molecule is CCN/C=C(/Cc1c[nH]nc1-c1ccc(F)cc1C(C)C)C(C)=N. The third kappa shape index (κ3) is 4.10. The molecule has 0 aliphatic heterocycles. The van der Waals surface area contributed by atoms with E-state index >= 15 is 0 Å². The van der Waals surface area contributed by atoms with E-state index in [0.29, 0.717) is 12.1 Å². The predicted molar refractivity (Wildman–Crippen MR) is 96.9 cm³/mol. The summed E-state index contributed by atoms with van der Waals surface area (Å²) in [6.45, 7) is 8.70. The summed E-state index contributed by atoms with van der Waals surface area (Å²) in [4.78, 5) is 0. The highest BCUT2D eigenvalue weighted by Crippen LogP contribution is 2.31. The monoisotopic (exact) mass is 328 g/mol. The summed E-state index contributed by atoms with van der Waals surface area (Å²) in [5.74, 6) is -0.0379. The minimum atomic E-state index is -0.234. The van der Waals surface area contributed by atoms with E-state index in [9.17, 15) is 4.39 Å². The molecule has 0 bridgehead atoms. The van der Waals surface area contributed by atoms with Crippen molar-refractivity contribution in [2.24, 2.45) is 0 Å². The van der Waals surface area contributed by atoms with Crippen molar-refractivity contribution in [3.05, 3.63) is 53.1 Å². The molecular formula is C19H25FN4. The number of aromatic amines is 1. The number of halogens is 1. The molecule has 0 fully saturated rings. The molecule has 0 aliphatic rings. The van der Waals surface area contributed by atoms with Gasteiger partial charge in [0.15, 0.2) is 0 Å². The minimum absolute atomic E-state index is 0.196. The van der Waals surface area contributed by atoms with Crippen LogP contribution >= 0.6 is 0 Å². The van der Waals surface area contributed by atoms with E-state index in [-0.39, 0.29) is 11.7 Å². The lowest BCUT2D eigenvalue weighted by Crippen LogP contribution is -2.09. The van der Waals surface area contributed by atoms with Crippen molar-refractivity contribution < 1.29 is 4.39 Å². The van der Waals surface area contributed by atoms with Crippen LogP contribution in [-0.2, 0) is 6.42 Å². The molecule has 24 heavy (non-hydrogen) atoms. The van der Waals surface area contributed by atoms with E-state index in [2.05, 4.69) is 15.5 Å². The molecular weight excluding hydrogens is 303 g/mol. The summed E-state index contributed by atoms with van der Waals surface area (Å²) in [6.07, 6.45) is 4.34. The van der Waals surface area contributed by atoms with E-state index in [1.807, 2.05) is 33.2 Å². The van der Waals surface area contributed by atoms with Crippen LogP contribution in [0.4, 0.5) is 4.39 Å². The van der Waals surface area contributed by atoms with Crippen molar-refractivity contribution >= 4 is 5.71 Å². The molecule has 0 spiro atoms. The van der Waals surface area contributed by atoms with E-state index in [1.54, 1.807) is 19.1 Å². The molecule has 0 atom stereocenters. The van der Waals surface area contributed by atoms with Gasteiger partial charge in [-0.25, -0.2) is 4.39 Å². The van der Waals surface area contributed by atoms with Gasteiger partial charge in [0.1, 0.15) is 5.82 Å². The number of hydrogen-bond acceptors (Lipinski definition) is 3. The van der Waals surface area contributed by atoms with Gasteiger partial charge in [-0.05, 0) is 49.1 Å². The van der Waals surface area contributed by atoms with Crippen LogP contribution in [0.15, 0.2) is 36.2 Å². The van der Waals surface area contributed by atoms with Gasteiger partial charge in [0, 0.05) is 42.2 Å². The lowest BCUT2D eigenvalue weighted by Gasteiger charge is -2.13. The third-order valence-electron chi connectivity index (χ3n) is 3.95. The topological polar surface area (TPSA) is 64.6 Å². The first-order valence-electron chi connectivity index (χ1n) is 8.24. The standard InChI is InChI=1S/C19H25FN4/c1-5-22-10-14(13(4)21)8-15-11-23-24-19(15)17-7-6-16(20)9-18(17)12(2)3/h6-7,9-12,21-22H,5,8H2,1-4H3,(H,23,24)/b14-10-,21-13?. The molecule has 1 heterocycles. The molecule has 0 amide bonds. The number of benzene rings is 1. The Balaban J connectivity index is 2.43. The number of hydrogen-bond donors (Lipinski definition) is 3. The third-order valence-corrected chi connectivity index (χ3v) is 3.95. The van der Waals surface area contributed by atoms with Gasteiger partial charge in [-0.15, -0.1) is 0 Å². The van der Waals surface area contributed by atoms with Gasteiger partial charge in [-0.2, -0.15) is 5.10 Å². The Hall–Kier alpha value is -2.43. The van der Waals surface area contributed by atoms with Crippen LogP contribution in [0.3, 0.4) is 0 Å². The summed E-state index contributed by atoms with van der Waals surface area (Å²) in [5, 5.41) is 18.4. The fourth-order valence-electron chi connectivity index (χ4n) is 2.63. The smallest absolute Gasteiger partial charge is 0.123 e. The van der Waals surface area contributed by atoms with Crippen LogP contribution in [-0.4, -0.2) is 22.5 Å². The first-order chi connectivity index (χ1) is 11.4. The van der Waals surface area contributed by atoms with Crippen LogP contribution in [0.2, 0.25) is 0 Å². The van der Waals surface area contributed by atoms with Gasteiger partial charge in [0.2, 0.25) is 0 Å². The van der Waals surface area contributed by atoms with Gasteiger partial charge >= 0.3 is 0 Å². The van der Waals surface area contributed by atoms with Crippen molar-refractivity contribution in [2.45, 2.75) is 40.0 Å². The second-order valence-corrected chi connectivity index (χ2v) is 6.17. The van der Waals surface area contributed by atoms with Crippen LogP contribution in [0.25, 0.3) is 11.3 Å². The van der Waals surface area contributed by atoms with Gasteiger partial charge in [0.25, 0.3) is 0 Å². The molecule has 0 unspecified atom stereocenters.